The minimum absolute atomic E-state index is 0.700. The first kappa shape index (κ1) is 7.86. The zero-order valence-corrected chi connectivity index (χ0v) is 7.44. The van der Waals surface area contributed by atoms with Gasteiger partial charge in [0.05, 0.1) is 11.9 Å². The van der Waals surface area contributed by atoms with E-state index in [-0.39, 0.29) is 0 Å². The van der Waals surface area contributed by atoms with Gasteiger partial charge in [0.15, 0.2) is 0 Å². The maximum absolute atomic E-state index is 5.84. The molecule has 13 heavy (non-hydrogen) atoms. The molecular formula is C10H11N3. The van der Waals surface area contributed by atoms with E-state index in [2.05, 4.69) is 5.10 Å². The van der Waals surface area contributed by atoms with E-state index in [0.717, 1.165) is 11.3 Å². The molecule has 3 heteroatoms. The number of para-hydroxylation sites is 1. The van der Waals surface area contributed by atoms with E-state index in [4.69, 9.17) is 5.73 Å². The van der Waals surface area contributed by atoms with Crippen molar-refractivity contribution in [2.24, 2.45) is 0 Å². The molecule has 0 saturated heterocycles. The Morgan fingerprint density at radius 1 is 1.23 bits per heavy atom. The fourth-order valence-electron chi connectivity index (χ4n) is 1.21. The van der Waals surface area contributed by atoms with Gasteiger partial charge in [-0.15, -0.1) is 0 Å². The molecule has 1 heterocycles. The summed E-state index contributed by atoms with van der Waals surface area (Å²) < 4.78 is 1.73. The standard InChI is InChI=1S/C10H11N3/c1-8-7-12-13(10(8)11)9-5-3-2-4-6-9/h2-7H,11H2,1H3. The van der Waals surface area contributed by atoms with Gasteiger partial charge in [0.2, 0.25) is 0 Å². The van der Waals surface area contributed by atoms with Crippen molar-refractivity contribution in [1.82, 2.24) is 9.78 Å². The van der Waals surface area contributed by atoms with Gasteiger partial charge in [0.25, 0.3) is 0 Å². The summed E-state index contributed by atoms with van der Waals surface area (Å²) >= 11 is 0. The molecule has 0 aliphatic carbocycles. The van der Waals surface area contributed by atoms with Crippen LogP contribution < -0.4 is 5.73 Å². The molecule has 0 spiro atoms. The smallest absolute Gasteiger partial charge is 0.130 e. The molecule has 66 valence electrons. The van der Waals surface area contributed by atoms with Crippen molar-refractivity contribution in [1.29, 1.82) is 0 Å². The van der Waals surface area contributed by atoms with Crippen LogP contribution in [-0.2, 0) is 0 Å². The zero-order chi connectivity index (χ0) is 9.26. The Morgan fingerprint density at radius 3 is 2.46 bits per heavy atom. The quantitative estimate of drug-likeness (QED) is 0.714. The number of benzene rings is 1. The number of hydrogen-bond donors (Lipinski definition) is 1. The molecule has 0 atom stereocenters. The topological polar surface area (TPSA) is 43.8 Å². The molecular weight excluding hydrogens is 162 g/mol. The maximum atomic E-state index is 5.84. The molecule has 0 unspecified atom stereocenters. The highest BCUT2D eigenvalue weighted by atomic mass is 15.3. The number of nitrogens with zero attached hydrogens (tertiary/aromatic N) is 2. The number of aryl methyl sites for hydroxylation is 1. The van der Waals surface area contributed by atoms with E-state index in [0.29, 0.717) is 5.82 Å². The molecule has 0 fully saturated rings. The lowest BCUT2D eigenvalue weighted by Gasteiger charge is -2.02. The van der Waals surface area contributed by atoms with E-state index in [1.54, 1.807) is 10.9 Å². The van der Waals surface area contributed by atoms with Crippen LogP contribution in [0.25, 0.3) is 5.69 Å². The summed E-state index contributed by atoms with van der Waals surface area (Å²) in [6.07, 6.45) is 1.77. The predicted octanol–water partition coefficient (Wildman–Crippen LogP) is 1.76. The largest absolute Gasteiger partial charge is 0.383 e. The van der Waals surface area contributed by atoms with Crippen molar-refractivity contribution in [2.75, 3.05) is 5.73 Å². The highest BCUT2D eigenvalue weighted by Crippen LogP contribution is 2.14. The van der Waals surface area contributed by atoms with Gasteiger partial charge in [-0.25, -0.2) is 4.68 Å². The van der Waals surface area contributed by atoms with Crippen molar-refractivity contribution >= 4 is 5.82 Å². The van der Waals surface area contributed by atoms with Crippen molar-refractivity contribution in [3.05, 3.63) is 42.1 Å². The van der Waals surface area contributed by atoms with Crippen LogP contribution in [0.15, 0.2) is 36.5 Å². The lowest BCUT2D eigenvalue weighted by atomic mass is 10.3. The van der Waals surface area contributed by atoms with Crippen LogP contribution in [0.1, 0.15) is 5.56 Å². The molecule has 0 amide bonds. The third-order valence-electron chi connectivity index (χ3n) is 2.00. The van der Waals surface area contributed by atoms with Crippen LogP contribution in [0.2, 0.25) is 0 Å². The minimum atomic E-state index is 0.700. The summed E-state index contributed by atoms with van der Waals surface area (Å²) in [5.41, 5.74) is 7.83. The van der Waals surface area contributed by atoms with Crippen LogP contribution in [0.3, 0.4) is 0 Å². The number of aromatic nitrogens is 2. The molecule has 0 saturated carbocycles. The molecule has 2 rings (SSSR count). The van der Waals surface area contributed by atoms with Gasteiger partial charge in [-0.05, 0) is 19.1 Å². The Kier molecular flexibility index (Phi) is 1.77. The Balaban J connectivity index is 2.53. The number of nitrogen functional groups attached to an aromatic ring is 1. The summed E-state index contributed by atoms with van der Waals surface area (Å²) in [5, 5.41) is 4.18. The summed E-state index contributed by atoms with van der Waals surface area (Å²) in [6.45, 7) is 1.95. The summed E-state index contributed by atoms with van der Waals surface area (Å²) in [6, 6.07) is 9.85. The number of hydrogen-bond acceptors (Lipinski definition) is 2. The van der Waals surface area contributed by atoms with Crippen LogP contribution in [0.5, 0.6) is 0 Å². The lowest BCUT2D eigenvalue weighted by molar-refractivity contribution is 0.891. The van der Waals surface area contributed by atoms with E-state index in [1.165, 1.54) is 0 Å². The molecule has 0 aliphatic heterocycles. The van der Waals surface area contributed by atoms with Crippen LogP contribution in [0, 0.1) is 6.92 Å². The SMILES string of the molecule is Cc1cnn(-c2ccccc2)c1N. The van der Waals surface area contributed by atoms with Gasteiger partial charge in [0, 0.05) is 5.56 Å². The normalized spacial score (nSPS) is 10.2. The second-order valence-electron chi connectivity index (χ2n) is 2.96. The number of nitrogens with two attached hydrogens (primary N) is 1. The average molecular weight is 173 g/mol. The summed E-state index contributed by atoms with van der Waals surface area (Å²) in [5.74, 6) is 0.700. The lowest BCUT2D eigenvalue weighted by Crippen LogP contribution is -2.01. The van der Waals surface area contributed by atoms with Crippen molar-refractivity contribution < 1.29 is 0 Å². The summed E-state index contributed by atoms with van der Waals surface area (Å²) in [7, 11) is 0. The fourth-order valence-corrected chi connectivity index (χ4v) is 1.21. The van der Waals surface area contributed by atoms with Gasteiger partial charge in [0.1, 0.15) is 5.82 Å². The number of anilines is 1. The van der Waals surface area contributed by atoms with E-state index < -0.39 is 0 Å². The third kappa shape index (κ3) is 1.28. The molecule has 0 bridgehead atoms. The van der Waals surface area contributed by atoms with Gasteiger partial charge in [-0.2, -0.15) is 5.10 Å². The molecule has 2 N–H and O–H groups in total. The first-order chi connectivity index (χ1) is 6.29. The first-order valence-corrected chi connectivity index (χ1v) is 4.14. The van der Waals surface area contributed by atoms with Crippen LogP contribution in [-0.4, -0.2) is 9.78 Å². The minimum Gasteiger partial charge on any atom is -0.383 e. The van der Waals surface area contributed by atoms with Gasteiger partial charge in [-0.1, -0.05) is 18.2 Å². The molecule has 3 nitrogen and oxygen atoms in total. The highest BCUT2D eigenvalue weighted by Gasteiger charge is 2.03. The number of rotatable bonds is 1. The van der Waals surface area contributed by atoms with E-state index >= 15 is 0 Å². The molecule has 0 aliphatic rings. The first-order valence-electron chi connectivity index (χ1n) is 4.14. The second-order valence-corrected chi connectivity index (χ2v) is 2.96. The van der Waals surface area contributed by atoms with Gasteiger partial charge >= 0.3 is 0 Å². The predicted molar refractivity (Wildman–Crippen MR) is 52.7 cm³/mol. The van der Waals surface area contributed by atoms with Gasteiger partial charge < -0.3 is 5.73 Å². The Morgan fingerprint density at radius 2 is 1.92 bits per heavy atom. The highest BCUT2D eigenvalue weighted by molar-refractivity contribution is 5.45. The average Bonchev–Trinajstić information content (AvgIpc) is 2.49. The van der Waals surface area contributed by atoms with E-state index in [1.807, 2.05) is 37.3 Å². The Labute approximate surface area is 76.8 Å². The third-order valence-corrected chi connectivity index (χ3v) is 2.00. The molecule has 1 aromatic heterocycles. The van der Waals surface area contributed by atoms with Crippen molar-refractivity contribution in [2.45, 2.75) is 6.92 Å². The monoisotopic (exact) mass is 173 g/mol. The zero-order valence-electron chi connectivity index (χ0n) is 7.44. The summed E-state index contributed by atoms with van der Waals surface area (Å²) in [4.78, 5) is 0. The molecule has 1 aromatic carbocycles. The molecule has 0 radical (unpaired) electrons. The van der Waals surface area contributed by atoms with Crippen molar-refractivity contribution in [3.63, 3.8) is 0 Å². The van der Waals surface area contributed by atoms with Crippen LogP contribution in [0.4, 0.5) is 5.82 Å². The van der Waals surface area contributed by atoms with Crippen LogP contribution >= 0.6 is 0 Å². The van der Waals surface area contributed by atoms with Crippen molar-refractivity contribution in [3.8, 4) is 5.69 Å². The maximum Gasteiger partial charge on any atom is 0.130 e. The fraction of sp³-hybridized carbons (Fsp3) is 0.100. The molecule has 2 aromatic rings. The Hall–Kier alpha value is -1.77. The second kappa shape index (κ2) is 2.94. The Bertz CT molecular complexity index is 403. The van der Waals surface area contributed by atoms with Gasteiger partial charge in [-0.3, -0.25) is 0 Å². The van der Waals surface area contributed by atoms with E-state index in [9.17, 15) is 0 Å².